The van der Waals surface area contributed by atoms with Crippen LogP contribution in [0.5, 0.6) is 0 Å². The Morgan fingerprint density at radius 1 is 1.11 bits per heavy atom. The van der Waals surface area contributed by atoms with Gasteiger partial charge in [0.2, 0.25) is 5.91 Å². The number of nitrogens with zero attached hydrogens (tertiary/aromatic N) is 1. The van der Waals surface area contributed by atoms with Gasteiger partial charge in [0, 0.05) is 13.1 Å². The van der Waals surface area contributed by atoms with Crippen LogP contribution >= 0.6 is 0 Å². The monoisotopic (exact) mass is 268 g/mol. The number of rotatable bonds is 1. The molecule has 2 aliphatic rings. The summed E-state index contributed by atoms with van der Waals surface area (Å²) in [5, 5.41) is 3.40. The highest BCUT2D eigenvalue weighted by atomic mass is 16.5. The Bertz CT molecular complexity index is 315. The summed E-state index contributed by atoms with van der Waals surface area (Å²) in [7, 11) is 0. The number of hydrogen-bond donors (Lipinski definition) is 1. The molecule has 0 aromatic carbocycles. The van der Waals surface area contributed by atoms with E-state index >= 15 is 0 Å². The van der Waals surface area contributed by atoms with Crippen molar-refractivity contribution in [2.75, 3.05) is 19.6 Å². The van der Waals surface area contributed by atoms with Crippen LogP contribution in [0, 0.1) is 0 Å². The molecule has 110 valence electrons. The molecule has 0 bridgehead atoms. The first-order valence-corrected chi connectivity index (χ1v) is 7.51. The molecule has 0 aromatic heterocycles. The maximum atomic E-state index is 12.7. The largest absolute Gasteiger partial charge is 0.366 e. The Morgan fingerprint density at radius 3 is 2.37 bits per heavy atom. The third kappa shape index (κ3) is 3.93. The molecule has 2 rings (SSSR count). The van der Waals surface area contributed by atoms with Gasteiger partial charge in [-0.1, -0.05) is 12.8 Å². The van der Waals surface area contributed by atoms with E-state index in [1.807, 2.05) is 4.90 Å². The van der Waals surface area contributed by atoms with Crippen molar-refractivity contribution >= 4 is 5.91 Å². The molecule has 2 fully saturated rings. The number of hydrogen-bond acceptors (Lipinski definition) is 3. The minimum Gasteiger partial charge on any atom is -0.366 e. The van der Waals surface area contributed by atoms with Crippen molar-refractivity contribution in [2.24, 2.45) is 0 Å². The van der Waals surface area contributed by atoms with Crippen LogP contribution in [-0.4, -0.2) is 47.7 Å². The number of morpholine rings is 1. The van der Waals surface area contributed by atoms with E-state index in [4.69, 9.17) is 4.74 Å². The van der Waals surface area contributed by atoms with Crippen molar-refractivity contribution in [1.29, 1.82) is 0 Å². The molecule has 1 amide bonds. The molecular formula is C15H28N2O2. The fraction of sp³-hybridized carbons (Fsp3) is 0.933. The van der Waals surface area contributed by atoms with Gasteiger partial charge in [-0.05, 0) is 47.1 Å². The van der Waals surface area contributed by atoms with Gasteiger partial charge < -0.3 is 15.0 Å². The fourth-order valence-corrected chi connectivity index (χ4v) is 3.40. The van der Waals surface area contributed by atoms with E-state index in [1.165, 1.54) is 12.8 Å². The number of carbonyl (C=O) groups is 1. The van der Waals surface area contributed by atoms with Crippen molar-refractivity contribution in [3.63, 3.8) is 0 Å². The summed E-state index contributed by atoms with van der Waals surface area (Å²) in [6.07, 6.45) is 4.54. The van der Waals surface area contributed by atoms with E-state index < -0.39 is 0 Å². The second-order valence-electron chi connectivity index (χ2n) is 7.17. The van der Waals surface area contributed by atoms with Crippen molar-refractivity contribution in [1.82, 2.24) is 10.2 Å². The summed E-state index contributed by atoms with van der Waals surface area (Å²) in [5.41, 5.74) is -0.524. The van der Waals surface area contributed by atoms with Gasteiger partial charge in [-0.2, -0.15) is 0 Å². The number of nitrogens with one attached hydrogen (secondary N) is 1. The van der Waals surface area contributed by atoms with Crippen LogP contribution in [-0.2, 0) is 9.53 Å². The Labute approximate surface area is 116 Å². The standard InChI is InChI=1S/C15H28N2O2/c1-14(2)10-17(11-15(3,4)19-14)13(18)12-8-6-5-7-9-16-12/h12,16H,5-11H2,1-4H3. The lowest BCUT2D eigenvalue weighted by atomic mass is 9.97. The molecule has 0 aromatic rings. The zero-order chi connectivity index (χ0) is 14.1. The molecule has 2 heterocycles. The Balaban J connectivity index is 2.05. The Morgan fingerprint density at radius 2 is 1.74 bits per heavy atom. The summed E-state index contributed by atoms with van der Waals surface area (Å²) in [5.74, 6) is 0.256. The van der Waals surface area contributed by atoms with E-state index in [9.17, 15) is 4.79 Å². The first-order valence-electron chi connectivity index (χ1n) is 7.51. The maximum Gasteiger partial charge on any atom is 0.239 e. The first-order chi connectivity index (χ1) is 8.79. The summed E-state index contributed by atoms with van der Waals surface area (Å²) in [6.45, 7) is 10.6. The van der Waals surface area contributed by atoms with Crippen LogP contribution in [0.1, 0.15) is 53.4 Å². The maximum absolute atomic E-state index is 12.7. The minimum atomic E-state index is -0.262. The topological polar surface area (TPSA) is 41.6 Å². The van der Waals surface area contributed by atoms with Gasteiger partial charge in [0.1, 0.15) is 0 Å². The second kappa shape index (κ2) is 5.41. The molecule has 0 spiro atoms. The molecule has 0 saturated carbocycles. The second-order valence-corrected chi connectivity index (χ2v) is 7.17. The molecule has 0 aliphatic carbocycles. The summed E-state index contributed by atoms with van der Waals surface area (Å²) in [4.78, 5) is 14.7. The predicted octanol–water partition coefficient (Wildman–Crippen LogP) is 1.93. The van der Waals surface area contributed by atoms with Gasteiger partial charge in [-0.3, -0.25) is 4.79 Å². The molecule has 4 heteroatoms. The van der Waals surface area contributed by atoms with Crippen molar-refractivity contribution < 1.29 is 9.53 Å². The SMILES string of the molecule is CC1(C)CN(C(=O)C2CCCCCN2)CC(C)(C)O1. The zero-order valence-corrected chi connectivity index (χ0v) is 12.8. The van der Waals surface area contributed by atoms with Gasteiger partial charge in [0.15, 0.2) is 0 Å². The van der Waals surface area contributed by atoms with Crippen molar-refractivity contribution in [2.45, 2.75) is 70.6 Å². The highest BCUT2D eigenvalue weighted by molar-refractivity contribution is 5.82. The molecule has 0 radical (unpaired) electrons. The third-order valence-corrected chi connectivity index (χ3v) is 3.87. The van der Waals surface area contributed by atoms with Gasteiger partial charge in [0.25, 0.3) is 0 Å². The molecule has 2 saturated heterocycles. The highest BCUT2D eigenvalue weighted by Gasteiger charge is 2.41. The van der Waals surface area contributed by atoms with Crippen molar-refractivity contribution in [3.8, 4) is 0 Å². The summed E-state index contributed by atoms with van der Waals surface area (Å²) >= 11 is 0. The average Bonchev–Trinajstić information content (AvgIpc) is 2.52. The third-order valence-electron chi connectivity index (χ3n) is 3.87. The number of amides is 1. The van der Waals surface area contributed by atoms with Crippen LogP contribution in [0.3, 0.4) is 0 Å². The van der Waals surface area contributed by atoms with Gasteiger partial charge >= 0.3 is 0 Å². The molecule has 4 nitrogen and oxygen atoms in total. The molecule has 1 unspecified atom stereocenters. The van der Waals surface area contributed by atoms with Crippen LogP contribution in [0.15, 0.2) is 0 Å². The minimum absolute atomic E-state index is 0.00667. The van der Waals surface area contributed by atoms with E-state index in [1.54, 1.807) is 0 Å². The van der Waals surface area contributed by atoms with Crippen LogP contribution in [0.4, 0.5) is 0 Å². The van der Waals surface area contributed by atoms with Gasteiger partial charge in [-0.25, -0.2) is 0 Å². The molecule has 1 N–H and O–H groups in total. The lowest BCUT2D eigenvalue weighted by Gasteiger charge is -2.47. The summed E-state index contributed by atoms with van der Waals surface area (Å²) in [6, 6.07) is 0.00667. The Kier molecular flexibility index (Phi) is 4.21. The van der Waals surface area contributed by atoms with Crippen molar-refractivity contribution in [3.05, 3.63) is 0 Å². The predicted molar refractivity (Wildman–Crippen MR) is 76.1 cm³/mol. The highest BCUT2D eigenvalue weighted by Crippen LogP contribution is 2.28. The molecule has 2 aliphatic heterocycles. The van der Waals surface area contributed by atoms with Crippen LogP contribution < -0.4 is 5.32 Å². The van der Waals surface area contributed by atoms with E-state index in [-0.39, 0.29) is 23.2 Å². The lowest BCUT2D eigenvalue weighted by molar-refractivity contribution is -0.189. The Hall–Kier alpha value is -0.610. The first kappa shape index (κ1) is 14.8. The van der Waals surface area contributed by atoms with Crippen LogP contribution in [0.25, 0.3) is 0 Å². The van der Waals surface area contributed by atoms with Gasteiger partial charge in [-0.15, -0.1) is 0 Å². The molecule has 19 heavy (non-hydrogen) atoms. The number of carbonyl (C=O) groups excluding carboxylic acids is 1. The van der Waals surface area contributed by atoms with E-state index in [0.29, 0.717) is 13.1 Å². The lowest BCUT2D eigenvalue weighted by Crippen LogP contribution is -2.61. The quantitative estimate of drug-likeness (QED) is 0.790. The molecule has 1 atom stereocenters. The average molecular weight is 268 g/mol. The van der Waals surface area contributed by atoms with E-state index in [2.05, 4.69) is 33.0 Å². The molecular weight excluding hydrogens is 240 g/mol. The summed E-state index contributed by atoms with van der Waals surface area (Å²) < 4.78 is 6.04. The fourth-order valence-electron chi connectivity index (χ4n) is 3.40. The number of ether oxygens (including phenoxy) is 1. The van der Waals surface area contributed by atoms with E-state index in [0.717, 1.165) is 19.4 Å². The van der Waals surface area contributed by atoms with Crippen LogP contribution in [0.2, 0.25) is 0 Å². The smallest absolute Gasteiger partial charge is 0.239 e. The zero-order valence-electron chi connectivity index (χ0n) is 12.8. The van der Waals surface area contributed by atoms with Gasteiger partial charge in [0.05, 0.1) is 17.2 Å². The normalized spacial score (nSPS) is 30.7.